The summed E-state index contributed by atoms with van der Waals surface area (Å²) in [5.74, 6) is 0.181. The number of nitrogens with zero attached hydrogens (tertiary/aromatic N) is 3. The quantitative estimate of drug-likeness (QED) is 0.182. The highest BCUT2D eigenvalue weighted by molar-refractivity contribution is 7.91. The number of alkyl carbamates (subject to hydrolysis) is 1. The van der Waals surface area contributed by atoms with Crippen LogP contribution in [0.25, 0.3) is 22.0 Å². The fourth-order valence-corrected chi connectivity index (χ4v) is 12.8. The monoisotopic (exact) mass is 961 g/mol. The van der Waals surface area contributed by atoms with Crippen molar-refractivity contribution in [2.24, 2.45) is 35.5 Å². The number of benzene rings is 2. The maximum atomic E-state index is 15.2. The molecule has 3 aromatic rings. The van der Waals surface area contributed by atoms with Crippen LogP contribution >= 0.6 is 0 Å². The maximum absolute atomic E-state index is 15.2. The number of morpholine rings is 1. The van der Waals surface area contributed by atoms with E-state index < -0.39 is 68.7 Å². The molecular weight excluding hydrogens is 889 g/mol. The van der Waals surface area contributed by atoms with Gasteiger partial charge in [-0.1, -0.05) is 45.1 Å². The summed E-state index contributed by atoms with van der Waals surface area (Å²) in [6, 6.07) is 13.6. The molecule has 0 bridgehead atoms. The standard InChI is InChI=1S/C51H64N6O10S.4H2/c1-29-7-5-6-8-34-27-51(34,49(60)55-68(62,63)39-14-15-39)54-46(58)44-26-38(28-57(44)48(59)45(30(2)21-29)53-50(61)67-37-24-41-31(3)42(41)25-37)66-47-40-16-13-36(64-4)22-33(40)23-43(52-47)32-9-11-35(12-10-32)56-17-19-65-20-18-56;;;;/h6,8-13,16,22-23,29-31,34,37-39,41-42,44-45H,5,7,14-15,17-21,24-28H2,1-4H3,(H,53,61)(H,54,58)(H,55,60);4*1H/b8-6-;;;;/t29-,30+,31?,34+,37?,38+,41-,42?,44-,45-,51+;;;;/m0..../s1. The molecule has 68 heavy (non-hydrogen) atoms. The van der Waals surface area contributed by atoms with E-state index in [4.69, 9.17) is 23.9 Å². The number of carbonyl (C=O) groups is 4. The molecule has 0 radical (unpaired) electrons. The minimum absolute atomic E-state index is 0. The topological polar surface area (TPSA) is 195 Å². The highest BCUT2D eigenvalue weighted by Crippen LogP contribution is 2.57. The van der Waals surface area contributed by atoms with Gasteiger partial charge < -0.3 is 39.4 Å². The Kier molecular flexibility index (Phi) is 12.6. The smallest absolute Gasteiger partial charge is 0.408 e. The van der Waals surface area contributed by atoms with Crippen molar-refractivity contribution >= 4 is 50.3 Å². The number of rotatable bonds is 10. The Morgan fingerprint density at radius 2 is 1.69 bits per heavy atom. The summed E-state index contributed by atoms with van der Waals surface area (Å²) in [4.78, 5) is 66.7. The number of carbonyl (C=O) groups excluding carboxylic acids is 4. The first-order chi connectivity index (χ1) is 32.7. The molecule has 3 aliphatic heterocycles. The number of pyridine rings is 1. The molecule has 3 N–H and O–H groups in total. The molecule has 3 unspecified atom stereocenters. The predicted molar refractivity (Wildman–Crippen MR) is 263 cm³/mol. The van der Waals surface area contributed by atoms with Crippen molar-refractivity contribution in [3.8, 4) is 22.9 Å². The fraction of sp³-hybridized carbons (Fsp3) is 0.588. The average molecular weight is 961 g/mol. The largest absolute Gasteiger partial charge is 0.497 e. The van der Waals surface area contributed by atoms with E-state index in [0.29, 0.717) is 79.4 Å². The highest BCUT2D eigenvalue weighted by Gasteiger charge is 2.62. The Bertz CT molecular complexity index is 2590. The zero-order valence-electron chi connectivity index (χ0n) is 39.4. The van der Waals surface area contributed by atoms with E-state index in [1.54, 1.807) is 7.11 Å². The third-order valence-electron chi connectivity index (χ3n) is 15.8. The number of amides is 4. The van der Waals surface area contributed by atoms with Crippen molar-refractivity contribution < 1.29 is 52.2 Å². The zero-order chi connectivity index (χ0) is 47.5. The van der Waals surface area contributed by atoms with Crippen LogP contribution in [0.3, 0.4) is 0 Å². The second kappa shape index (κ2) is 18.5. The number of allylic oxidation sites excluding steroid dienone is 1. The second-order valence-corrected chi connectivity index (χ2v) is 22.6. The SMILES string of the molecule is COc1ccc2c(O[C@@H]3C[C@H]4C(=O)N[C@]5(C(=O)NS(=O)(=O)C6CC6)C[C@H]5/C=C\CC[C@H](C)C[C@@H](C)[C@H](NC(=O)OC5CC6C(C)[C@@H]6C5)C(=O)N4C3)nc(-c3ccc(N4CCOCC4)cc3)cc2c1.[HH].[HH].[HH].[HH]. The van der Waals surface area contributed by atoms with Crippen LogP contribution in [0.4, 0.5) is 10.5 Å². The van der Waals surface area contributed by atoms with Gasteiger partial charge in [0, 0.05) is 47.8 Å². The molecule has 4 aliphatic carbocycles. The first-order valence-corrected chi connectivity index (χ1v) is 26.1. The van der Waals surface area contributed by atoms with E-state index in [-0.39, 0.29) is 43.0 Å². The van der Waals surface area contributed by atoms with Crippen LogP contribution in [0.1, 0.15) is 84.3 Å². The fourth-order valence-electron chi connectivity index (χ4n) is 11.4. The molecule has 2 aromatic carbocycles. The third kappa shape index (κ3) is 9.48. The van der Waals surface area contributed by atoms with Crippen LogP contribution in [-0.4, -0.2) is 117 Å². The summed E-state index contributed by atoms with van der Waals surface area (Å²) in [6.45, 7) is 9.19. The number of aromatic nitrogens is 1. The number of sulfonamides is 1. The summed E-state index contributed by atoms with van der Waals surface area (Å²) >= 11 is 0. The van der Waals surface area contributed by atoms with Gasteiger partial charge in [0.25, 0.3) is 5.91 Å². The average Bonchev–Trinajstić information content (AvgIpc) is 4.29. The Morgan fingerprint density at radius 3 is 2.41 bits per heavy atom. The maximum Gasteiger partial charge on any atom is 0.408 e. The van der Waals surface area contributed by atoms with E-state index >= 15 is 4.79 Å². The lowest BCUT2D eigenvalue weighted by molar-refractivity contribution is -0.142. The lowest BCUT2D eigenvalue weighted by Crippen LogP contribution is -2.59. The summed E-state index contributed by atoms with van der Waals surface area (Å²) in [5.41, 5.74) is 1.06. The van der Waals surface area contributed by atoms with Crippen molar-refractivity contribution in [3.63, 3.8) is 0 Å². The normalized spacial score (nSPS) is 33.2. The van der Waals surface area contributed by atoms with E-state index in [1.165, 1.54) is 4.90 Å². The highest BCUT2D eigenvalue weighted by atomic mass is 32.2. The predicted octanol–water partition coefficient (Wildman–Crippen LogP) is 6.71. The van der Waals surface area contributed by atoms with Gasteiger partial charge in [0.2, 0.25) is 27.7 Å². The molecular formula is C51H72N6O10S. The van der Waals surface area contributed by atoms with Gasteiger partial charge >= 0.3 is 6.09 Å². The Labute approximate surface area is 404 Å². The Balaban J connectivity index is 0.00000212. The first kappa shape index (κ1) is 46.3. The zero-order valence-corrected chi connectivity index (χ0v) is 40.2. The van der Waals surface area contributed by atoms with Crippen LogP contribution in [0.5, 0.6) is 11.6 Å². The number of ether oxygens (including phenoxy) is 4. The molecule has 4 heterocycles. The minimum atomic E-state index is -3.93. The second-order valence-electron chi connectivity index (χ2n) is 20.6. The molecule has 4 saturated carbocycles. The first-order valence-electron chi connectivity index (χ1n) is 24.6. The molecule has 0 spiro atoms. The van der Waals surface area contributed by atoms with Crippen molar-refractivity contribution in [1.82, 2.24) is 25.2 Å². The number of hydrogen-bond donors (Lipinski definition) is 3. The van der Waals surface area contributed by atoms with Crippen LogP contribution in [-0.2, 0) is 33.9 Å². The molecule has 2 saturated heterocycles. The summed E-state index contributed by atoms with van der Waals surface area (Å²) < 4.78 is 52.4. The molecule has 17 heteroatoms. The summed E-state index contributed by atoms with van der Waals surface area (Å²) in [5, 5.41) is 6.79. The molecule has 16 nitrogen and oxygen atoms in total. The molecule has 6 fully saturated rings. The van der Waals surface area contributed by atoms with E-state index in [1.807, 2.05) is 55.5 Å². The van der Waals surface area contributed by atoms with Gasteiger partial charge in [-0.05, 0) is 123 Å². The Hall–Kier alpha value is -5.42. The van der Waals surface area contributed by atoms with Gasteiger partial charge in [0.05, 0.1) is 37.8 Å². The van der Waals surface area contributed by atoms with Gasteiger partial charge in [-0.15, -0.1) is 0 Å². The number of hydrogen-bond acceptors (Lipinski definition) is 12. The number of methoxy groups -OCH3 is 1. The van der Waals surface area contributed by atoms with Gasteiger partial charge in [-0.2, -0.15) is 0 Å². The molecule has 1 aromatic heterocycles. The van der Waals surface area contributed by atoms with E-state index in [9.17, 15) is 22.8 Å². The third-order valence-corrected chi connectivity index (χ3v) is 17.6. The lowest BCUT2D eigenvalue weighted by atomic mass is 9.88. The van der Waals surface area contributed by atoms with Crippen molar-refractivity contribution in [1.29, 1.82) is 0 Å². The van der Waals surface area contributed by atoms with Crippen LogP contribution in [0.15, 0.2) is 60.7 Å². The van der Waals surface area contributed by atoms with Crippen molar-refractivity contribution in [2.75, 3.05) is 44.9 Å². The van der Waals surface area contributed by atoms with Crippen LogP contribution < -0.4 is 29.7 Å². The Morgan fingerprint density at radius 1 is 0.941 bits per heavy atom. The number of anilines is 1. The molecule has 10 rings (SSSR count). The lowest BCUT2D eigenvalue weighted by Gasteiger charge is -2.33. The van der Waals surface area contributed by atoms with E-state index in [0.717, 1.165) is 49.0 Å². The molecule has 7 aliphatic rings. The molecule has 4 amide bonds. The van der Waals surface area contributed by atoms with Crippen molar-refractivity contribution in [2.45, 2.75) is 114 Å². The van der Waals surface area contributed by atoms with Crippen molar-refractivity contribution in [3.05, 3.63) is 60.7 Å². The van der Waals surface area contributed by atoms with Gasteiger partial charge in [-0.25, -0.2) is 18.2 Å². The summed E-state index contributed by atoms with van der Waals surface area (Å²) in [6.07, 6.45) is 7.07. The van der Waals surface area contributed by atoms with Crippen LogP contribution in [0.2, 0.25) is 0 Å². The molecule has 11 atom stereocenters. The van der Waals surface area contributed by atoms with Crippen LogP contribution in [0, 0.1) is 35.5 Å². The number of nitrogens with one attached hydrogen (secondary N) is 3. The van der Waals surface area contributed by atoms with Gasteiger partial charge in [-0.3, -0.25) is 19.1 Å². The number of fused-ring (bicyclic) bond motifs is 4. The molecule has 372 valence electrons. The van der Waals surface area contributed by atoms with Gasteiger partial charge in [0.1, 0.15) is 35.6 Å². The minimum Gasteiger partial charge on any atom is -0.497 e. The van der Waals surface area contributed by atoms with Gasteiger partial charge in [0.15, 0.2) is 0 Å². The summed E-state index contributed by atoms with van der Waals surface area (Å²) in [7, 11) is -2.33. The van der Waals surface area contributed by atoms with E-state index in [2.05, 4.69) is 46.2 Å².